The summed E-state index contributed by atoms with van der Waals surface area (Å²) in [5.41, 5.74) is -0.367. The first-order valence-corrected chi connectivity index (χ1v) is 11.6. The molecule has 9 nitrogen and oxygen atoms in total. The maximum Gasteiger partial charge on any atom is 0.274 e. The zero-order chi connectivity index (χ0) is 22.2. The van der Waals surface area contributed by atoms with Gasteiger partial charge in [-0.25, -0.2) is 0 Å². The van der Waals surface area contributed by atoms with Crippen LogP contribution in [0, 0.1) is 0 Å². The number of likely N-dealkylation sites (N-methyl/N-ethyl adjacent to an activating group) is 2. The Balaban J connectivity index is 1.54. The van der Waals surface area contributed by atoms with E-state index in [1.54, 1.807) is 27.5 Å². The second-order valence-corrected chi connectivity index (χ2v) is 9.08. The Morgan fingerprint density at radius 3 is 2.42 bits per heavy atom. The third-order valence-corrected chi connectivity index (χ3v) is 7.12. The van der Waals surface area contributed by atoms with Crippen LogP contribution in [0.2, 0.25) is 0 Å². The second-order valence-electron chi connectivity index (χ2n) is 9.08. The minimum atomic E-state index is -1.03. The van der Waals surface area contributed by atoms with Crippen LogP contribution in [-0.2, 0) is 11.3 Å². The Kier molecular flexibility index (Phi) is 6.05. The molecule has 2 fully saturated rings. The summed E-state index contributed by atoms with van der Waals surface area (Å²) in [5.74, 6) is -0.537. The van der Waals surface area contributed by atoms with Crippen LogP contribution in [0.4, 0.5) is 0 Å². The maximum absolute atomic E-state index is 13.3. The standard InChI is InChI=1S/C22H34N6O3/c1-4-25-10-12-26(13-11-25)19(29)17-14-18-20(30)27(5-2)22(3,15-28(18)24-17)21(31)23-16-8-6-7-9-16/h14,16H,4-13,15H2,1-3H3,(H,23,31)/t22-/m1/s1. The highest BCUT2D eigenvalue weighted by atomic mass is 16.2. The lowest BCUT2D eigenvalue weighted by Gasteiger charge is -2.43. The number of rotatable bonds is 5. The molecule has 31 heavy (non-hydrogen) atoms. The first-order chi connectivity index (χ1) is 14.9. The summed E-state index contributed by atoms with van der Waals surface area (Å²) in [7, 11) is 0. The molecule has 3 aliphatic rings. The molecule has 4 rings (SSSR count). The van der Waals surface area contributed by atoms with Crippen molar-refractivity contribution in [1.29, 1.82) is 0 Å². The Hall–Kier alpha value is -2.42. The average Bonchev–Trinajstić information content (AvgIpc) is 3.43. The molecular formula is C22H34N6O3. The molecular weight excluding hydrogens is 396 g/mol. The van der Waals surface area contributed by atoms with Gasteiger partial charge in [0.05, 0.1) is 6.54 Å². The Morgan fingerprint density at radius 1 is 1.13 bits per heavy atom. The fourth-order valence-corrected chi connectivity index (χ4v) is 5.08. The topological polar surface area (TPSA) is 90.8 Å². The van der Waals surface area contributed by atoms with Gasteiger partial charge in [-0.1, -0.05) is 19.8 Å². The molecule has 1 saturated carbocycles. The normalized spacial score (nSPS) is 25.1. The van der Waals surface area contributed by atoms with Crippen molar-refractivity contribution in [2.24, 2.45) is 0 Å². The number of nitrogens with one attached hydrogen (secondary N) is 1. The minimum absolute atomic E-state index is 0.140. The molecule has 1 aliphatic carbocycles. The van der Waals surface area contributed by atoms with E-state index in [-0.39, 0.29) is 36.0 Å². The van der Waals surface area contributed by atoms with Crippen molar-refractivity contribution in [2.45, 2.75) is 64.6 Å². The molecule has 0 radical (unpaired) electrons. The van der Waals surface area contributed by atoms with Gasteiger partial charge in [-0.3, -0.25) is 19.1 Å². The zero-order valence-corrected chi connectivity index (χ0v) is 18.9. The molecule has 9 heteroatoms. The monoisotopic (exact) mass is 430 g/mol. The van der Waals surface area contributed by atoms with Crippen molar-refractivity contribution in [3.8, 4) is 0 Å². The van der Waals surface area contributed by atoms with Crippen LogP contribution in [0.1, 0.15) is 67.4 Å². The molecule has 170 valence electrons. The van der Waals surface area contributed by atoms with Gasteiger partial charge in [0, 0.05) is 44.8 Å². The molecule has 1 aromatic rings. The lowest BCUT2D eigenvalue weighted by Crippen LogP contribution is -2.64. The Morgan fingerprint density at radius 2 is 1.81 bits per heavy atom. The number of hydrogen-bond donors (Lipinski definition) is 1. The number of piperazine rings is 1. The first-order valence-electron chi connectivity index (χ1n) is 11.6. The average molecular weight is 431 g/mol. The SMILES string of the molecule is CCN1CCN(C(=O)c2cc3n(n2)C[C@](C)(C(=O)NC2CCCC2)N(CC)C3=O)CC1. The number of carbonyl (C=O) groups excluding carboxylic acids is 3. The Bertz CT molecular complexity index is 853. The van der Waals surface area contributed by atoms with Gasteiger partial charge in [0.1, 0.15) is 11.2 Å². The number of nitrogens with zero attached hydrogens (tertiary/aromatic N) is 5. The zero-order valence-electron chi connectivity index (χ0n) is 18.9. The van der Waals surface area contributed by atoms with Crippen molar-refractivity contribution in [1.82, 2.24) is 29.8 Å². The van der Waals surface area contributed by atoms with E-state index in [1.807, 2.05) is 6.92 Å². The number of carbonyl (C=O) groups is 3. The second kappa shape index (κ2) is 8.61. The highest BCUT2D eigenvalue weighted by Crippen LogP contribution is 2.29. The summed E-state index contributed by atoms with van der Waals surface area (Å²) in [6, 6.07) is 1.77. The molecule has 0 aromatic carbocycles. The molecule has 2 aliphatic heterocycles. The fourth-order valence-electron chi connectivity index (χ4n) is 5.08. The predicted octanol–water partition coefficient (Wildman–Crippen LogP) is 0.954. The summed E-state index contributed by atoms with van der Waals surface area (Å²) in [4.78, 5) is 45.2. The summed E-state index contributed by atoms with van der Waals surface area (Å²) in [6.07, 6.45) is 4.22. The van der Waals surface area contributed by atoms with Gasteiger partial charge in [-0.05, 0) is 33.2 Å². The van der Waals surface area contributed by atoms with Gasteiger partial charge in [-0.2, -0.15) is 5.10 Å². The summed E-state index contributed by atoms with van der Waals surface area (Å²) in [6.45, 7) is 10.4. The summed E-state index contributed by atoms with van der Waals surface area (Å²) >= 11 is 0. The third-order valence-electron chi connectivity index (χ3n) is 7.12. The van der Waals surface area contributed by atoms with E-state index in [9.17, 15) is 14.4 Å². The highest BCUT2D eigenvalue weighted by Gasteiger charge is 2.48. The van der Waals surface area contributed by atoms with Crippen molar-refractivity contribution in [3.63, 3.8) is 0 Å². The van der Waals surface area contributed by atoms with Crippen molar-refractivity contribution >= 4 is 17.7 Å². The highest BCUT2D eigenvalue weighted by molar-refractivity contribution is 6.02. The molecule has 1 atom stereocenters. The number of amides is 3. The smallest absolute Gasteiger partial charge is 0.274 e. The molecule has 1 saturated heterocycles. The fraction of sp³-hybridized carbons (Fsp3) is 0.727. The quantitative estimate of drug-likeness (QED) is 0.751. The van der Waals surface area contributed by atoms with E-state index in [4.69, 9.17) is 0 Å². The maximum atomic E-state index is 13.3. The molecule has 3 heterocycles. The number of hydrogen-bond acceptors (Lipinski definition) is 5. The van der Waals surface area contributed by atoms with Crippen LogP contribution < -0.4 is 5.32 Å². The van der Waals surface area contributed by atoms with Crippen LogP contribution in [0.3, 0.4) is 0 Å². The molecule has 0 unspecified atom stereocenters. The largest absolute Gasteiger partial charge is 0.351 e. The van der Waals surface area contributed by atoms with Crippen LogP contribution in [0.25, 0.3) is 0 Å². The van der Waals surface area contributed by atoms with Crippen molar-refractivity contribution < 1.29 is 14.4 Å². The Labute approximate surface area is 183 Å². The van der Waals surface area contributed by atoms with E-state index in [0.29, 0.717) is 25.3 Å². The number of aromatic nitrogens is 2. The van der Waals surface area contributed by atoms with Crippen LogP contribution in [0.15, 0.2) is 6.07 Å². The van der Waals surface area contributed by atoms with Crippen molar-refractivity contribution in [2.75, 3.05) is 39.3 Å². The van der Waals surface area contributed by atoms with Gasteiger partial charge in [0.25, 0.3) is 11.8 Å². The van der Waals surface area contributed by atoms with Crippen LogP contribution in [0.5, 0.6) is 0 Å². The van der Waals surface area contributed by atoms with E-state index >= 15 is 0 Å². The molecule has 1 N–H and O–H groups in total. The van der Waals surface area contributed by atoms with E-state index in [1.165, 1.54) is 0 Å². The van der Waals surface area contributed by atoms with Crippen LogP contribution >= 0.6 is 0 Å². The number of fused-ring (bicyclic) bond motifs is 1. The molecule has 0 bridgehead atoms. The predicted molar refractivity (Wildman–Crippen MR) is 116 cm³/mol. The van der Waals surface area contributed by atoms with E-state index in [2.05, 4.69) is 22.2 Å². The van der Waals surface area contributed by atoms with Gasteiger partial charge in [0.15, 0.2) is 5.69 Å². The van der Waals surface area contributed by atoms with Gasteiger partial charge >= 0.3 is 0 Å². The third kappa shape index (κ3) is 3.95. The van der Waals surface area contributed by atoms with Gasteiger partial charge in [0.2, 0.25) is 5.91 Å². The van der Waals surface area contributed by atoms with Crippen LogP contribution in [-0.4, -0.2) is 93.1 Å². The summed E-state index contributed by atoms with van der Waals surface area (Å²) in [5, 5.41) is 7.62. The van der Waals surface area contributed by atoms with Crippen molar-refractivity contribution in [3.05, 3.63) is 17.5 Å². The molecule has 0 spiro atoms. The lowest BCUT2D eigenvalue weighted by atomic mass is 9.94. The summed E-state index contributed by atoms with van der Waals surface area (Å²) < 4.78 is 1.55. The van der Waals surface area contributed by atoms with E-state index in [0.717, 1.165) is 45.3 Å². The molecule has 3 amide bonds. The minimum Gasteiger partial charge on any atom is -0.351 e. The first kappa shape index (κ1) is 21.8. The van der Waals surface area contributed by atoms with Gasteiger partial charge in [-0.15, -0.1) is 0 Å². The lowest BCUT2D eigenvalue weighted by molar-refractivity contribution is -0.133. The van der Waals surface area contributed by atoms with E-state index < -0.39 is 5.54 Å². The molecule has 1 aromatic heterocycles. The van der Waals surface area contributed by atoms with Gasteiger partial charge < -0.3 is 20.0 Å².